The summed E-state index contributed by atoms with van der Waals surface area (Å²) in [5.41, 5.74) is 4.89. The van der Waals surface area contributed by atoms with Gasteiger partial charge in [0.25, 0.3) is 5.91 Å². The summed E-state index contributed by atoms with van der Waals surface area (Å²) in [6.07, 6.45) is 9.38. The minimum atomic E-state index is -1.20. The fourth-order valence-corrected chi connectivity index (χ4v) is 4.91. The van der Waals surface area contributed by atoms with Crippen molar-refractivity contribution in [1.29, 1.82) is 0 Å². The lowest BCUT2D eigenvalue weighted by Crippen LogP contribution is -2.28. The van der Waals surface area contributed by atoms with Crippen LogP contribution in [-0.4, -0.2) is 52.2 Å². The Balaban J connectivity index is 1.57. The summed E-state index contributed by atoms with van der Waals surface area (Å²) in [4.78, 5) is 13.6. The van der Waals surface area contributed by atoms with Crippen molar-refractivity contribution in [2.45, 2.75) is 51.1 Å². The van der Waals surface area contributed by atoms with Crippen LogP contribution in [0.5, 0.6) is 0 Å². The highest BCUT2D eigenvalue weighted by Crippen LogP contribution is 2.32. The van der Waals surface area contributed by atoms with Crippen LogP contribution in [0.25, 0.3) is 6.08 Å². The molecule has 0 radical (unpaired) electrons. The molecular formula is C21H31N5O2Si. The van der Waals surface area contributed by atoms with E-state index in [0.717, 1.165) is 43.4 Å². The molecule has 0 aliphatic carbocycles. The first kappa shape index (κ1) is 21.4. The van der Waals surface area contributed by atoms with E-state index in [9.17, 15) is 4.79 Å². The standard InChI is InChI=1S/C21H31N5O2Si/c1-29(2,3)16-26-15-19(22-24-26)12-14-25-13-4-5-20(25)18-9-6-17(7-10-18)8-11-21(27)23-28/h6-11,15,20,28H,4-5,12-14,16H2,1-3H3,(H,23,27). The number of hydroxylamine groups is 1. The number of aromatic nitrogens is 3. The number of carbonyl (C=O) groups is 1. The van der Waals surface area contributed by atoms with Gasteiger partial charge in [-0.1, -0.05) is 49.1 Å². The molecule has 0 saturated carbocycles. The van der Waals surface area contributed by atoms with E-state index < -0.39 is 14.0 Å². The number of likely N-dealkylation sites (tertiary alicyclic amines) is 1. The van der Waals surface area contributed by atoms with Gasteiger partial charge < -0.3 is 0 Å². The van der Waals surface area contributed by atoms with Crippen molar-refractivity contribution in [2.24, 2.45) is 0 Å². The van der Waals surface area contributed by atoms with Gasteiger partial charge in [-0.3, -0.25) is 19.6 Å². The summed E-state index contributed by atoms with van der Waals surface area (Å²) in [6, 6.07) is 8.70. The Morgan fingerprint density at radius 3 is 2.76 bits per heavy atom. The second-order valence-corrected chi connectivity index (χ2v) is 14.3. The number of nitrogens with one attached hydrogen (secondary N) is 1. The highest BCUT2D eigenvalue weighted by molar-refractivity contribution is 6.74. The Morgan fingerprint density at radius 2 is 2.07 bits per heavy atom. The van der Waals surface area contributed by atoms with E-state index >= 15 is 0 Å². The SMILES string of the molecule is C[Si](C)(C)Cn1cc(CCN2CCCC2c2ccc(C=CC(=O)NO)cc2)nn1. The highest BCUT2D eigenvalue weighted by atomic mass is 28.3. The molecule has 1 aliphatic rings. The molecule has 2 heterocycles. The summed E-state index contributed by atoms with van der Waals surface area (Å²) >= 11 is 0. The van der Waals surface area contributed by atoms with Crippen molar-refractivity contribution in [2.75, 3.05) is 13.1 Å². The van der Waals surface area contributed by atoms with Crippen molar-refractivity contribution in [3.8, 4) is 0 Å². The van der Waals surface area contributed by atoms with E-state index in [1.54, 1.807) is 11.6 Å². The molecule has 1 atom stereocenters. The fourth-order valence-electron chi connectivity index (χ4n) is 3.78. The number of nitrogens with zero attached hydrogens (tertiary/aromatic N) is 4. The third kappa shape index (κ3) is 6.35. The molecule has 0 spiro atoms. The lowest BCUT2D eigenvalue weighted by Gasteiger charge is -2.24. The maximum absolute atomic E-state index is 11.1. The van der Waals surface area contributed by atoms with Crippen LogP contribution in [0.15, 0.2) is 36.5 Å². The molecule has 156 valence electrons. The zero-order chi connectivity index (χ0) is 20.9. The van der Waals surface area contributed by atoms with E-state index in [-0.39, 0.29) is 0 Å². The predicted molar refractivity (Wildman–Crippen MR) is 116 cm³/mol. The summed E-state index contributed by atoms with van der Waals surface area (Å²) in [6.45, 7) is 9.10. The molecule has 1 unspecified atom stereocenters. The first-order valence-corrected chi connectivity index (χ1v) is 13.9. The van der Waals surface area contributed by atoms with E-state index in [2.05, 4.69) is 53.2 Å². The molecule has 1 fully saturated rings. The van der Waals surface area contributed by atoms with Gasteiger partial charge >= 0.3 is 0 Å². The maximum atomic E-state index is 11.1. The quantitative estimate of drug-likeness (QED) is 0.301. The van der Waals surface area contributed by atoms with Gasteiger partial charge in [-0.25, -0.2) is 5.48 Å². The second-order valence-electron chi connectivity index (χ2n) is 8.89. The topological polar surface area (TPSA) is 83.3 Å². The van der Waals surface area contributed by atoms with Gasteiger partial charge in [0, 0.05) is 37.4 Å². The fraction of sp³-hybridized carbons (Fsp3) is 0.476. The zero-order valence-electron chi connectivity index (χ0n) is 17.5. The van der Waals surface area contributed by atoms with Crippen molar-refractivity contribution in [3.05, 3.63) is 53.4 Å². The Kier molecular flexibility index (Phi) is 6.99. The number of hydrogen-bond donors (Lipinski definition) is 2. The van der Waals surface area contributed by atoms with Gasteiger partial charge in [0.1, 0.15) is 0 Å². The Bertz CT molecular complexity index is 842. The van der Waals surface area contributed by atoms with E-state index in [4.69, 9.17) is 5.21 Å². The number of amides is 1. The van der Waals surface area contributed by atoms with Crippen LogP contribution in [-0.2, 0) is 17.4 Å². The Hall–Kier alpha value is -2.29. The summed E-state index contributed by atoms with van der Waals surface area (Å²) in [5.74, 6) is -0.530. The van der Waals surface area contributed by atoms with Crippen molar-refractivity contribution in [1.82, 2.24) is 25.4 Å². The molecule has 2 aromatic rings. The highest BCUT2D eigenvalue weighted by Gasteiger charge is 2.25. The van der Waals surface area contributed by atoms with Gasteiger partial charge in [-0.2, -0.15) is 0 Å². The molecule has 1 aliphatic heterocycles. The lowest BCUT2D eigenvalue weighted by molar-refractivity contribution is -0.124. The molecule has 0 bridgehead atoms. The largest absolute Gasteiger partial charge is 0.296 e. The monoisotopic (exact) mass is 413 g/mol. The first-order valence-electron chi connectivity index (χ1n) is 10.2. The van der Waals surface area contributed by atoms with E-state index in [1.807, 2.05) is 16.8 Å². The van der Waals surface area contributed by atoms with Crippen molar-refractivity contribution >= 4 is 20.1 Å². The predicted octanol–water partition coefficient (Wildman–Crippen LogP) is 3.05. The third-order valence-electron chi connectivity index (χ3n) is 5.10. The van der Waals surface area contributed by atoms with Gasteiger partial charge in [0.05, 0.1) is 13.8 Å². The van der Waals surface area contributed by atoms with Crippen LogP contribution in [0.1, 0.15) is 35.7 Å². The molecule has 2 N–H and O–H groups in total. The van der Waals surface area contributed by atoms with Gasteiger partial charge in [-0.05, 0) is 36.6 Å². The van der Waals surface area contributed by atoms with Gasteiger partial charge in [0.2, 0.25) is 0 Å². The van der Waals surface area contributed by atoms with Gasteiger partial charge in [0.15, 0.2) is 0 Å². The van der Waals surface area contributed by atoms with Crippen LogP contribution in [0.2, 0.25) is 19.6 Å². The van der Waals surface area contributed by atoms with Crippen LogP contribution >= 0.6 is 0 Å². The molecule has 1 aromatic heterocycles. The van der Waals surface area contributed by atoms with Crippen molar-refractivity contribution in [3.63, 3.8) is 0 Å². The van der Waals surface area contributed by atoms with Crippen molar-refractivity contribution < 1.29 is 10.0 Å². The average Bonchev–Trinajstić information content (AvgIpc) is 3.32. The second kappa shape index (κ2) is 9.47. The molecule has 1 amide bonds. The third-order valence-corrected chi connectivity index (χ3v) is 6.37. The number of carbonyl (C=O) groups excluding carboxylic acids is 1. The smallest absolute Gasteiger partial charge is 0.267 e. The zero-order valence-corrected chi connectivity index (χ0v) is 18.5. The van der Waals surface area contributed by atoms with Crippen LogP contribution in [0.3, 0.4) is 0 Å². The minimum Gasteiger partial charge on any atom is -0.296 e. The Labute approximate surface area is 173 Å². The van der Waals surface area contributed by atoms with Crippen LogP contribution < -0.4 is 5.48 Å². The molecule has 3 rings (SSSR count). The Morgan fingerprint density at radius 1 is 1.31 bits per heavy atom. The van der Waals surface area contributed by atoms with Crippen LogP contribution in [0.4, 0.5) is 0 Å². The normalized spacial score (nSPS) is 17.9. The number of hydrogen-bond acceptors (Lipinski definition) is 5. The van der Waals surface area contributed by atoms with E-state index in [1.165, 1.54) is 18.1 Å². The van der Waals surface area contributed by atoms with E-state index in [0.29, 0.717) is 6.04 Å². The molecule has 8 heteroatoms. The molecule has 1 aromatic carbocycles. The minimum absolute atomic E-state index is 0.422. The molecule has 7 nitrogen and oxygen atoms in total. The average molecular weight is 414 g/mol. The first-order chi connectivity index (χ1) is 13.8. The molecule has 29 heavy (non-hydrogen) atoms. The van der Waals surface area contributed by atoms with Crippen LogP contribution in [0, 0.1) is 0 Å². The summed E-state index contributed by atoms with van der Waals surface area (Å²) in [5, 5.41) is 17.2. The summed E-state index contributed by atoms with van der Waals surface area (Å²) in [7, 11) is -1.20. The number of benzene rings is 1. The molecular weight excluding hydrogens is 382 g/mol. The van der Waals surface area contributed by atoms with Gasteiger partial charge in [-0.15, -0.1) is 5.10 Å². The maximum Gasteiger partial charge on any atom is 0.267 e. The number of rotatable bonds is 8. The lowest BCUT2D eigenvalue weighted by atomic mass is 10.0. The summed E-state index contributed by atoms with van der Waals surface area (Å²) < 4.78 is 2.01. The molecule has 1 saturated heterocycles.